The van der Waals surface area contributed by atoms with Gasteiger partial charge in [-0.05, 0) is 29.7 Å². The standard InChI is InChI=1S/C17H18N2O.ClH/c1-20-16-9-7-15(8-10-16)17(13-18)19-12-11-14-5-3-2-4-6-14;/h2-10,17,19H,11-12H2,1H3;1H. The van der Waals surface area contributed by atoms with E-state index in [-0.39, 0.29) is 18.4 Å². The number of hydrogen-bond acceptors (Lipinski definition) is 3. The van der Waals surface area contributed by atoms with Gasteiger partial charge in [-0.2, -0.15) is 5.26 Å². The lowest BCUT2D eigenvalue weighted by Gasteiger charge is -2.12. The minimum absolute atomic E-state index is 0. The summed E-state index contributed by atoms with van der Waals surface area (Å²) < 4.78 is 5.12. The monoisotopic (exact) mass is 302 g/mol. The molecule has 0 spiro atoms. The van der Waals surface area contributed by atoms with E-state index in [0.29, 0.717) is 0 Å². The predicted molar refractivity (Wildman–Crippen MR) is 86.7 cm³/mol. The lowest BCUT2D eigenvalue weighted by molar-refractivity contribution is 0.414. The van der Waals surface area contributed by atoms with E-state index in [1.165, 1.54) is 5.56 Å². The molecule has 1 N–H and O–H groups in total. The van der Waals surface area contributed by atoms with Crippen LogP contribution < -0.4 is 10.1 Å². The first-order valence-corrected chi connectivity index (χ1v) is 6.64. The minimum Gasteiger partial charge on any atom is -0.497 e. The van der Waals surface area contributed by atoms with Gasteiger partial charge in [-0.15, -0.1) is 12.4 Å². The van der Waals surface area contributed by atoms with E-state index in [4.69, 9.17) is 4.74 Å². The number of methoxy groups -OCH3 is 1. The van der Waals surface area contributed by atoms with Crippen molar-refractivity contribution < 1.29 is 4.74 Å². The smallest absolute Gasteiger partial charge is 0.121 e. The zero-order chi connectivity index (χ0) is 14.2. The molecule has 0 aliphatic rings. The molecule has 0 heterocycles. The molecule has 2 rings (SSSR count). The van der Waals surface area contributed by atoms with E-state index in [1.807, 2.05) is 42.5 Å². The quantitative estimate of drug-likeness (QED) is 0.888. The Morgan fingerprint density at radius 2 is 1.76 bits per heavy atom. The number of hydrogen-bond donors (Lipinski definition) is 1. The molecule has 0 aliphatic heterocycles. The van der Waals surface area contributed by atoms with Crippen molar-refractivity contribution in [2.24, 2.45) is 0 Å². The molecule has 0 aromatic heterocycles. The van der Waals surface area contributed by atoms with Gasteiger partial charge < -0.3 is 4.74 Å². The summed E-state index contributed by atoms with van der Waals surface area (Å²) in [5.74, 6) is 0.801. The van der Waals surface area contributed by atoms with Crippen LogP contribution in [0.2, 0.25) is 0 Å². The summed E-state index contributed by atoms with van der Waals surface area (Å²) in [7, 11) is 1.63. The summed E-state index contributed by atoms with van der Waals surface area (Å²) in [6.07, 6.45) is 0.912. The lowest BCUT2D eigenvalue weighted by Crippen LogP contribution is -2.22. The molecule has 0 amide bonds. The third kappa shape index (κ3) is 5.11. The summed E-state index contributed by atoms with van der Waals surface area (Å²) in [5, 5.41) is 12.5. The van der Waals surface area contributed by atoms with Crippen LogP contribution >= 0.6 is 12.4 Å². The average molecular weight is 303 g/mol. The highest BCUT2D eigenvalue weighted by Crippen LogP contribution is 2.17. The van der Waals surface area contributed by atoms with Gasteiger partial charge in [0.05, 0.1) is 13.2 Å². The Balaban J connectivity index is 0.00000220. The maximum absolute atomic E-state index is 9.26. The van der Waals surface area contributed by atoms with E-state index in [0.717, 1.165) is 24.3 Å². The molecule has 4 heteroatoms. The van der Waals surface area contributed by atoms with Crippen LogP contribution in [0, 0.1) is 11.3 Å². The highest BCUT2D eigenvalue weighted by molar-refractivity contribution is 5.85. The van der Waals surface area contributed by atoms with Gasteiger partial charge in [-0.25, -0.2) is 0 Å². The highest BCUT2D eigenvalue weighted by Gasteiger charge is 2.09. The molecule has 1 unspecified atom stereocenters. The van der Waals surface area contributed by atoms with Crippen LogP contribution in [-0.2, 0) is 6.42 Å². The molecule has 0 fully saturated rings. The molecule has 3 nitrogen and oxygen atoms in total. The van der Waals surface area contributed by atoms with Gasteiger partial charge in [-0.1, -0.05) is 42.5 Å². The van der Waals surface area contributed by atoms with Crippen molar-refractivity contribution in [3.8, 4) is 11.8 Å². The Morgan fingerprint density at radius 1 is 1.10 bits per heavy atom. The maximum atomic E-state index is 9.26. The zero-order valence-electron chi connectivity index (χ0n) is 12.0. The van der Waals surface area contributed by atoms with Gasteiger partial charge in [-0.3, -0.25) is 5.32 Å². The number of ether oxygens (including phenoxy) is 1. The first-order valence-electron chi connectivity index (χ1n) is 6.64. The first-order chi connectivity index (χ1) is 9.83. The van der Waals surface area contributed by atoms with E-state index >= 15 is 0 Å². The third-order valence-electron chi connectivity index (χ3n) is 3.18. The molecule has 2 aromatic rings. The second kappa shape index (κ2) is 9.02. The second-order valence-corrected chi connectivity index (χ2v) is 4.52. The van der Waals surface area contributed by atoms with Crippen LogP contribution in [0.1, 0.15) is 17.2 Å². The van der Waals surface area contributed by atoms with Gasteiger partial charge >= 0.3 is 0 Å². The van der Waals surface area contributed by atoms with Crippen molar-refractivity contribution in [1.29, 1.82) is 5.26 Å². The second-order valence-electron chi connectivity index (χ2n) is 4.52. The van der Waals surface area contributed by atoms with Gasteiger partial charge in [0.1, 0.15) is 11.8 Å². The molecule has 0 saturated heterocycles. The van der Waals surface area contributed by atoms with Crippen LogP contribution in [0.25, 0.3) is 0 Å². The van der Waals surface area contributed by atoms with E-state index in [9.17, 15) is 5.26 Å². The average Bonchev–Trinajstić information content (AvgIpc) is 2.53. The number of benzene rings is 2. The summed E-state index contributed by atoms with van der Waals surface area (Å²) >= 11 is 0. The molecular weight excluding hydrogens is 284 g/mol. The van der Waals surface area contributed by atoms with Crippen molar-refractivity contribution in [3.63, 3.8) is 0 Å². The molecule has 0 radical (unpaired) electrons. The van der Waals surface area contributed by atoms with Crippen LogP contribution in [0.5, 0.6) is 5.75 Å². The van der Waals surface area contributed by atoms with Crippen LogP contribution in [0.15, 0.2) is 54.6 Å². The van der Waals surface area contributed by atoms with E-state index < -0.39 is 0 Å². The van der Waals surface area contributed by atoms with Gasteiger partial charge in [0.25, 0.3) is 0 Å². The molecule has 1 atom stereocenters. The van der Waals surface area contributed by atoms with Crippen LogP contribution in [-0.4, -0.2) is 13.7 Å². The molecule has 2 aromatic carbocycles. The summed E-state index contributed by atoms with van der Waals surface area (Å²) in [4.78, 5) is 0. The van der Waals surface area contributed by atoms with Crippen molar-refractivity contribution in [2.45, 2.75) is 12.5 Å². The normalized spacial score (nSPS) is 11.0. The minimum atomic E-state index is -0.287. The van der Waals surface area contributed by atoms with Crippen molar-refractivity contribution in [2.75, 3.05) is 13.7 Å². The van der Waals surface area contributed by atoms with Crippen LogP contribution in [0.4, 0.5) is 0 Å². The van der Waals surface area contributed by atoms with E-state index in [2.05, 4.69) is 23.5 Å². The summed E-state index contributed by atoms with van der Waals surface area (Å²) in [5.41, 5.74) is 2.23. The molecule has 21 heavy (non-hydrogen) atoms. The third-order valence-corrected chi connectivity index (χ3v) is 3.18. The van der Waals surface area contributed by atoms with Crippen LogP contribution in [0.3, 0.4) is 0 Å². The zero-order valence-corrected chi connectivity index (χ0v) is 12.8. The molecular formula is C17H19ClN2O. The Kier molecular flexibility index (Phi) is 7.31. The van der Waals surface area contributed by atoms with Crippen molar-refractivity contribution in [1.82, 2.24) is 5.32 Å². The molecule has 0 saturated carbocycles. The molecule has 0 bridgehead atoms. The number of nitriles is 1. The number of nitrogens with zero attached hydrogens (tertiary/aromatic N) is 1. The SMILES string of the molecule is COc1ccc(C(C#N)NCCc2ccccc2)cc1.Cl. The highest BCUT2D eigenvalue weighted by atomic mass is 35.5. The Labute approximate surface area is 132 Å². The fraction of sp³-hybridized carbons (Fsp3) is 0.235. The Bertz CT molecular complexity index is 564. The summed E-state index contributed by atoms with van der Waals surface area (Å²) in [6, 6.07) is 19.8. The predicted octanol–water partition coefficient (Wildman–Crippen LogP) is 3.51. The van der Waals surface area contributed by atoms with Gasteiger partial charge in [0.15, 0.2) is 0 Å². The van der Waals surface area contributed by atoms with Crippen molar-refractivity contribution in [3.05, 3.63) is 65.7 Å². The number of nitrogens with one attached hydrogen (secondary N) is 1. The largest absolute Gasteiger partial charge is 0.497 e. The number of rotatable bonds is 6. The fourth-order valence-corrected chi connectivity index (χ4v) is 2.04. The Hall–Kier alpha value is -2.02. The van der Waals surface area contributed by atoms with Gasteiger partial charge in [0, 0.05) is 6.54 Å². The van der Waals surface area contributed by atoms with E-state index in [1.54, 1.807) is 7.11 Å². The lowest BCUT2D eigenvalue weighted by atomic mass is 10.1. The van der Waals surface area contributed by atoms with Crippen molar-refractivity contribution >= 4 is 12.4 Å². The maximum Gasteiger partial charge on any atom is 0.121 e. The first kappa shape index (κ1) is 17.0. The topological polar surface area (TPSA) is 45.0 Å². The summed E-state index contributed by atoms with van der Waals surface area (Å²) in [6.45, 7) is 0.772. The fourth-order valence-electron chi connectivity index (χ4n) is 2.04. The number of halogens is 1. The molecule has 0 aliphatic carbocycles. The molecule has 110 valence electrons. The Morgan fingerprint density at radius 3 is 2.33 bits per heavy atom. The van der Waals surface area contributed by atoms with Gasteiger partial charge in [0.2, 0.25) is 0 Å².